The van der Waals surface area contributed by atoms with E-state index in [0.717, 1.165) is 11.4 Å². The van der Waals surface area contributed by atoms with E-state index >= 15 is 0 Å². The van der Waals surface area contributed by atoms with Crippen LogP contribution in [-0.2, 0) is 15.6 Å². The van der Waals surface area contributed by atoms with Gasteiger partial charge in [0.2, 0.25) is 5.78 Å². The molecule has 4 heterocycles. The number of hydrogen-bond donors (Lipinski definition) is 2. The fourth-order valence-electron chi connectivity index (χ4n) is 4.77. The third-order valence-corrected chi connectivity index (χ3v) is 6.78. The molecular weight excluding hydrogens is 460 g/mol. The van der Waals surface area contributed by atoms with Crippen LogP contribution in [-0.4, -0.2) is 98.2 Å². The molecule has 0 radical (unpaired) electrons. The van der Waals surface area contributed by atoms with E-state index < -0.39 is 24.8 Å². The Bertz CT molecular complexity index is 995. The van der Waals surface area contributed by atoms with Crippen molar-refractivity contribution in [3.05, 3.63) is 35.7 Å². The van der Waals surface area contributed by atoms with Gasteiger partial charge in [-0.3, -0.25) is 14.6 Å². The summed E-state index contributed by atoms with van der Waals surface area (Å²) in [5.74, 6) is 0.622. The molecule has 2 aliphatic heterocycles. The zero-order valence-electron chi connectivity index (χ0n) is 22.4. The van der Waals surface area contributed by atoms with E-state index in [9.17, 15) is 15.0 Å². The molecule has 2 N–H and O–H groups in total. The number of carbonyl (C=O) groups is 1. The second kappa shape index (κ2) is 9.29. The highest BCUT2D eigenvalue weighted by atomic mass is 16.3. The molecule has 196 valence electrons. The molecule has 2 aromatic heterocycles. The second-order valence-corrected chi connectivity index (χ2v) is 11.9. The molecule has 2 fully saturated rings. The molecule has 0 aromatic carbocycles. The van der Waals surface area contributed by atoms with Gasteiger partial charge in [-0.15, -0.1) is 10.2 Å². The highest BCUT2D eigenvalue weighted by molar-refractivity contribution is 5.94. The smallest absolute Gasteiger partial charge is 0.207 e. The molecule has 4 unspecified atom stereocenters. The number of likely N-dealkylation sites (N-methyl/N-ethyl adjacent to an activating group) is 2. The van der Waals surface area contributed by atoms with Crippen LogP contribution in [0, 0.1) is 0 Å². The monoisotopic (exact) mass is 498 g/mol. The van der Waals surface area contributed by atoms with Gasteiger partial charge in [0.05, 0.1) is 11.4 Å². The van der Waals surface area contributed by atoms with Gasteiger partial charge in [-0.25, -0.2) is 0 Å². The Morgan fingerprint density at radius 1 is 0.722 bits per heavy atom. The topological polar surface area (TPSA) is 122 Å². The van der Waals surface area contributed by atoms with E-state index in [1.807, 2.05) is 53.7 Å². The van der Waals surface area contributed by atoms with Crippen molar-refractivity contribution < 1.29 is 15.0 Å². The zero-order valence-corrected chi connectivity index (χ0v) is 22.4. The van der Waals surface area contributed by atoms with E-state index in [1.165, 1.54) is 0 Å². The van der Waals surface area contributed by atoms with Crippen LogP contribution in [0.25, 0.3) is 0 Å². The molecule has 2 aromatic rings. The Balaban J connectivity index is 1.66. The molecule has 4 rings (SSSR count). The second-order valence-electron chi connectivity index (χ2n) is 11.9. The van der Waals surface area contributed by atoms with E-state index in [1.54, 1.807) is 45.8 Å². The van der Waals surface area contributed by atoms with Crippen molar-refractivity contribution in [1.29, 1.82) is 0 Å². The lowest BCUT2D eigenvalue weighted by Crippen LogP contribution is -2.57. The first kappa shape index (κ1) is 26.3. The maximum Gasteiger partial charge on any atom is 0.207 e. The maximum atomic E-state index is 14.1. The Morgan fingerprint density at radius 2 is 1.08 bits per heavy atom. The van der Waals surface area contributed by atoms with Gasteiger partial charge in [0.1, 0.15) is 24.8 Å². The quantitative estimate of drug-likeness (QED) is 0.626. The van der Waals surface area contributed by atoms with Crippen molar-refractivity contribution >= 4 is 17.4 Å². The standard InChI is InChI=1S/C25H38N8O3/c1-24(2,3)15-9-11-17(28-26-15)32-19(34)13-30(7)22(32)21(36)23-31(8)14-20(35)33(23)18-12-10-16(27-29-18)25(4,5)6/h9-12,19-20,22-23,34-35H,13-14H2,1-8H3. The molecule has 2 saturated heterocycles. The van der Waals surface area contributed by atoms with Crippen LogP contribution in [0.4, 0.5) is 11.6 Å². The Morgan fingerprint density at radius 3 is 1.36 bits per heavy atom. The van der Waals surface area contributed by atoms with Crippen LogP contribution >= 0.6 is 0 Å². The highest BCUT2D eigenvalue weighted by Crippen LogP contribution is 2.32. The van der Waals surface area contributed by atoms with Crippen LogP contribution in [0.3, 0.4) is 0 Å². The van der Waals surface area contributed by atoms with E-state index in [-0.39, 0.29) is 29.7 Å². The summed E-state index contributed by atoms with van der Waals surface area (Å²) < 4.78 is 0. The molecule has 2 aliphatic rings. The summed E-state index contributed by atoms with van der Waals surface area (Å²) in [4.78, 5) is 20.9. The molecular formula is C25H38N8O3. The molecule has 0 bridgehead atoms. The Labute approximate surface area is 212 Å². The third kappa shape index (κ3) is 4.80. The number of carbonyl (C=O) groups excluding carboxylic acids is 1. The SMILES string of the molecule is CN1CC(O)N(c2ccc(C(C)(C)C)nn2)C1C(=O)C1N(C)CC(O)N1c1ccc(C(C)(C)C)nn1. The van der Waals surface area contributed by atoms with E-state index in [4.69, 9.17) is 0 Å². The number of aromatic nitrogens is 4. The van der Waals surface area contributed by atoms with Crippen molar-refractivity contribution in [2.45, 2.75) is 77.2 Å². The summed E-state index contributed by atoms with van der Waals surface area (Å²) in [5, 5.41) is 39.2. The van der Waals surface area contributed by atoms with Gasteiger partial charge in [0, 0.05) is 23.9 Å². The lowest BCUT2D eigenvalue weighted by molar-refractivity contribution is -0.126. The van der Waals surface area contributed by atoms with Crippen molar-refractivity contribution in [2.24, 2.45) is 0 Å². The summed E-state index contributed by atoms with van der Waals surface area (Å²) in [7, 11) is 3.58. The molecule has 11 heteroatoms. The minimum absolute atomic E-state index is 0.173. The number of rotatable bonds is 4. The first-order valence-corrected chi connectivity index (χ1v) is 12.3. The average molecular weight is 499 g/mol. The van der Waals surface area contributed by atoms with Crippen molar-refractivity contribution in [3.8, 4) is 0 Å². The number of β-amino-alcohol motifs (C(OH)–C–C–N with tert-alkyl or cyclic N) is 2. The van der Waals surface area contributed by atoms with Gasteiger partial charge >= 0.3 is 0 Å². The number of hydrogen-bond acceptors (Lipinski definition) is 11. The summed E-state index contributed by atoms with van der Waals surface area (Å²) in [5.41, 5.74) is 1.29. The predicted molar refractivity (Wildman–Crippen MR) is 136 cm³/mol. The van der Waals surface area contributed by atoms with Crippen LogP contribution in [0.15, 0.2) is 24.3 Å². The van der Waals surface area contributed by atoms with Crippen molar-refractivity contribution in [1.82, 2.24) is 30.2 Å². The summed E-state index contributed by atoms with van der Waals surface area (Å²) >= 11 is 0. The first-order valence-electron chi connectivity index (χ1n) is 12.3. The van der Waals surface area contributed by atoms with Crippen molar-refractivity contribution in [2.75, 3.05) is 37.0 Å². The number of nitrogens with zero attached hydrogens (tertiary/aromatic N) is 8. The van der Waals surface area contributed by atoms with E-state index in [0.29, 0.717) is 11.6 Å². The van der Waals surface area contributed by atoms with Crippen LogP contribution in [0.2, 0.25) is 0 Å². The van der Waals surface area contributed by atoms with Gasteiger partial charge < -0.3 is 20.0 Å². The number of aliphatic hydroxyl groups excluding tert-OH is 2. The number of Topliss-reactive ketones (excluding diaryl/α,β-unsaturated/α-hetero) is 1. The normalized spacial score (nSPS) is 26.2. The van der Waals surface area contributed by atoms with Crippen molar-refractivity contribution in [3.63, 3.8) is 0 Å². The summed E-state index contributed by atoms with van der Waals surface area (Å²) in [6, 6.07) is 7.33. The Kier molecular flexibility index (Phi) is 6.80. The Hall–Kier alpha value is -2.73. The van der Waals surface area contributed by atoms with Gasteiger partial charge in [-0.2, -0.15) is 10.2 Å². The average Bonchev–Trinajstić information content (AvgIpc) is 3.25. The molecule has 4 atom stereocenters. The summed E-state index contributed by atoms with van der Waals surface area (Å²) in [6.07, 6.45) is -3.49. The summed E-state index contributed by atoms with van der Waals surface area (Å²) in [6.45, 7) is 12.8. The van der Waals surface area contributed by atoms with E-state index in [2.05, 4.69) is 20.4 Å². The molecule has 0 aliphatic carbocycles. The lowest BCUT2D eigenvalue weighted by atomic mass is 9.92. The first-order chi connectivity index (χ1) is 16.7. The fourth-order valence-corrected chi connectivity index (χ4v) is 4.77. The molecule has 11 nitrogen and oxygen atoms in total. The third-order valence-electron chi connectivity index (χ3n) is 6.78. The van der Waals surface area contributed by atoms with Gasteiger partial charge in [-0.05, 0) is 38.4 Å². The number of aliphatic hydroxyl groups is 2. The molecule has 36 heavy (non-hydrogen) atoms. The van der Waals surface area contributed by atoms with Crippen LogP contribution < -0.4 is 9.80 Å². The minimum atomic E-state index is -0.935. The number of anilines is 2. The maximum absolute atomic E-state index is 14.1. The number of ketones is 1. The lowest BCUT2D eigenvalue weighted by Gasteiger charge is -2.35. The van der Waals surface area contributed by atoms with Gasteiger partial charge in [0.25, 0.3) is 0 Å². The molecule has 0 spiro atoms. The van der Waals surface area contributed by atoms with Crippen LogP contribution in [0.1, 0.15) is 52.9 Å². The van der Waals surface area contributed by atoms with Gasteiger partial charge in [-0.1, -0.05) is 41.5 Å². The van der Waals surface area contributed by atoms with Gasteiger partial charge in [0.15, 0.2) is 11.6 Å². The minimum Gasteiger partial charge on any atom is -0.372 e. The predicted octanol–water partition coefficient (Wildman–Crippen LogP) is 0.924. The fraction of sp³-hybridized carbons (Fsp3) is 0.640. The highest BCUT2D eigenvalue weighted by Gasteiger charge is 2.50. The molecule has 0 amide bonds. The van der Waals surface area contributed by atoms with Crippen LogP contribution in [0.5, 0.6) is 0 Å². The molecule has 0 saturated carbocycles. The largest absolute Gasteiger partial charge is 0.372 e. The zero-order chi connectivity index (χ0) is 26.6.